The van der Waals surface area contributed by atoms with Crippen LogP contribution in [-0.2, 0) is 6.54 Å². The van der Waals surface area contributed by atoms with Gasteiger partial charge in [-0.1, -0.05) is 19.8 Å². The van der Waals surface area contributed by atoms with Gasteiger partial charge in [-0.2, -0.15) is 5.10 Å². The molecule has 0 aliphatic heterocycles. The average molecular weight is 324 g/mol. The number of aromatic nitrogens is 2. The van der Waals surface area contributed by atoms with E-state index in [0.29, 0.717) is 6.54 Å². The van der Waals surface area contributed by atoms with Gasteiger partial charge >= 0.3 is 5.69 Å². The fourth-order valence-corrected chi connectivity index (χ4v) is 3.20. The van der Waals surface area contributed by atoms with E-state index in [9.17, 15) is 20.0 Å². The van der Waals surface area contributed by atoms with E-state index in [0.717, 1.165) is 25.7 Å². The lowest BCUT2D eigenvalue weighted by Crippen LogP contribution is -2.45. The molecule has 1 amide bonds. The Balaban J connectivity index is 2.19. The Morgan fingerprint density at radius 1 is 1.57 bits per heavy atom. The van der Waals surface area contributed by atoms with Crippen LogP contribution in [0.2, 0.25) is 0 Å². The molecule has 8 heteroatoms. The number of nitro groups is 1. The predicted octanol–water partition coefficient (Wildman–Crippen LogP) is 1.79. The summed E-state index contributed by atoms with van der Waals surface area (Å²) in [7, 11) is 0. The van der Waals surface area contributed by atoms with Crippen LogP contribution in [0.1, 0.15) is 55.7 Å². The molecule has 0 radical (unpaired) electrons. The van der Waals surface area contributed by atoms with Crippen LogP contribution in [0.15, 0.2) is 0 Å². The maximum absolute atomic E-state index is 12.5. The van der Waals surface area contributed by atoms with Gasteiger partial charge in [0.2, 0.25) is 5.69 Å². The number of carbonyl (C=O) groups is 1. The maximum atomic E-state index is 12.5. The van der Waals surface area contributed by atoms with Gasteiger partial charge in [0.25, 0.3) is 5.91 Å². The standard InChI is InChI=1S/C15H24N4O4/c1-4-18-13(12(19(22)23)10(2)17-18)14(21)16-9-15(3)8-6-5-7-11(15)20/h11,20H,4-9H2,1-3H3,(H,16,21). The van der Waals surface area contributed by atoms with Crippen LogP contribution < -0.4 is 5.32 Å². The number of carbonyl (C=O) groups excluding carboxylic acids is 1. The molecule has 1 aromatic rings. The first kappa shape index (κ1) is 17.4. The predicted molar refractivity (Wildman–Crippen MR) is 84.2 cm³/mol. The van der Waals surface area contributed by atoms with E-state index in [1.54, 1.807) is 6.92 Å². The van der Waals surface area contributed by atoms with Gasteiger partial charge in [0.05, 0.1) is 11.0 Å². The van der Waals surface area contributed by atoms with Gasteiger partial charge in [-0.3, -0.25) is 19.6 Å². The van der Waals surface area contributed by atoms with Crippen molar-refractivity contribution >= 4 is 11.6 Å². The van der Waals surface area contributed by atoms with Gasteiger partial charge in [0, 0.05) is 18.5 Å². The Bertz CT molecular complexity index is 613. The van der Waals surface area contributed by atoms with Gasteiger partial charge in [-0.05, 0) is 26.7 Å². The number of aliphatic hydroxyl groups is 1. The van der Waals surface area contributed by atoms with E-state index in [4.69, 9.17) is 0 Å². The highest BCUT2D eigenvalue weighted by Gasteiger charge is 2.37. The second-order valence-corrected chi connectivity index (χ2v) is 6.45. The molecule has 1 fully saturated rings. The van der Waals surface area contributed by atoms with Crippen LogP contribution in [0, 0.1) is 22.5 Å². The van der Waals surface area contributed by atoms with Crippen molar-refractivity contribution in [2.45, 2.75) is 59.1 Å². The highest BCUT2D eigenvalue weighted by molar-refractivity contribution is 5.96. The van der Waals surface area contributed by atoms with Gasteiger partial charge in [0.15, 0.2) is 0 Å². The topological polar surface area (TPSA) is 110 Å². The van der Waals surface area contributed by atoms with Gasteiger partial charge in [0.1, 0.15) is 5.69 Å². The lowest BCUT2D eigenvalue weighted by atomic mass is 9.73. The van der Waals surface area contributed by atoms with E-state index >= 15 is 0 Å². The number of amides is 1. The summed E-state index contributed by atoms with van der Waals surface area (Å²) in [4.78, 5) is 23.2. The van der Waals surface area contributed by atoms with Crippen molar-refractivity contribution in [2.75, 3.05) is 6.54 Å². The number of rotatable bonds is 5. The van der Waals surface area contributed by atoms with Gasteiger partial charge in [-0.15, -0.1) is 0 Å². The number of hydrogen-bond donors (Lipinski definition) is 2. The molecular weight excluding hydrogens is 300 g/mol. The average Bonchev–Trinajstić information content (AvgIpc) is 2.85. The summed E-state index contributed by atoms with van der Waals surface area (Å²) in [5.41, 5.74) is -0.442. The highest BCUT2D eigenvalue weighted by Crippen LogP contribution is 2.35. The molecule has 1 heterocycles. The molecule has 0 aromatic carbocycles. The molecule has 1 aliphatic rings. The lowest BCUT2D eigenvalue weighted by Gasteiger charge is -2.38. The van der Waals surface area contributed by atoms with Crippen molar-refractivity contribution in [2.24, 2.45) is 5.41 Å². The second-order valence-electron chi connectivity index (χ2n) is 6.45. The first-order chi connectivity index (χ1) is 10.8. The molecule has 128 valence electrons. The van der Waals surface area contributed by atoms with E-state index in [-0.39, 0.29) is 23.6 Å². The molecule has 23 heavy (non-hydrogen) atoms. The number of aryl methyl sites for hydroxylation is 2. The minimum atomic E-state index is -0.569. The fraction of sp³-hybridized carbons (Fsp3) is 0.733. The Morgan fingerprint density at radius 3 is 2.83 bits per heavy atom. The van der Waals surface area contributed by atoms with Crippen molar-refractivity contribution in [3.63, 3.8) is 0 Å². The number of nitrogens with one attached hydrogen (secondary N) is 1. The minimum Gasteiger partial charge on any atom is -0.392 e. The third-order valence-electron chi connectivity index (χ3n) is 4.73. The molecule has 1 aliphatic carbocycles. The van der Waals surface area contributed by atoms with Gasteiger partial charge < -0.3 is 10.4 Å². The van der Waals surface area contributed by atoms with Crippen molar-refractivity contribution in [3.8, 4) is 0 Å². The number of nitrogens with zero attached hydrogens (tertiary/aromatic N) is 3. The Morgan fingerprint density at radius 2 is 2.26 bits per heavy atom. The highest BCUT2D eigenvalue weighted by atomic mass is 16.6. The summed E-state index contributed by atoms with van der Waals surface area (Å²) >= 11 is 0. The Kier molecular flexibility index (Phi) is 5.03. The Labute approximate surface area is 135 Å². The molecule has 2 N–H and O–H groups in total. The molecular formula is C15H24N4O4. The van der Waals surface area contributed by atoms with Crippen molar-refractivity contribution in [3.05, 3.63) is 21.5 Å². The molecule has 2 rings (SSSR count). The zero-order chi connectivity index (χ0) is 17.2. The molecule has 0 spiro atoms. The van der Waals surface area contributed by atoms with E-state index < -0.39 is 22.3 Å². The number of hydrogen-bond acceptors (Lipinski definition) is 5. The fourth-order valence-electron chi connectivity index (χ4n) is 3.20. The Hall–Kier alpha value is -1.96. The SMILES string of the molecule is CCn1nc(C)c([N+](=O)[O-])c1C(=O)NCC1(C)CCCCC1O. The largest absolute Gasteiger partial charge is 0.392 e. The monoisotopic (exact) mass is 324 g/mol. The summed E-state index contributed by atoms with van der Waals surface area (Å²) in [6, 6.07) is 0. The minimum absolute atomic E-state index is 0.0242. The van der Waals surface area contributed by atoms with Crippen molar-refractivity contribution < 1.29 is 14.8 Å². The van der Waals surface area contributed by atoms with Crippen LogP contribution in [0.4, 0.5) is 5.69 Å². The zero-order valence-electron chi connectivity index (χ0n) is 13.8. The maximum Gasteiger partial charge on any atom is 0.322 e. The summed E-state index contributed by atoms with van der Waals surface area (Å²) < 4.78 is 1.35. The number of aliphatic hydroxyl groups excluding tert-OH is 1. The smallest absolute Gasteiger partial charge is 0.322 e. The summed E-state index contributed by atoms with van der Waals surface area (Å²) in [5.74, 6) is -0.516. The molecule has 8 nitrogen and oxygen atoms in total. The first-order valence-corrected chi connectivity index (χ1v) is 7.98. The van der Waals surface area contributed by atoms with Crippen LogP contribution in [0.25, 0.3) is 0 Å². The third kappa shape index (κ3) is 3.36. The van der Waals surface area contributed by atoms with Gasteiger partial charge in [-0.25, -0.2) is 0 Å². The normalized spacial score (nSPS) is 24.4. The first-order valence-electron chi connectivity index (χ1n) is 7.98. The van der Waals surface area contributed by atoms with Crippen LogP contribution in [0.5, 0.6) is 0 Å². The summed E-state index contributed by atoms with van der Waals surface area (Å²) in [6.45, 7) is 5.90. The van der Waals surface area contributed by atoms with E-state index in [2.05, 4.69) is 10.4 Å². The lowest BCUT2D eigenvalue weighted by molar-refractivity contribution is -0.385. The van der Waals surface area contributed by atoms with E-state index in [1.165, 1.54) is 11.6 Å². The molecule has 1 aromatic heterocycles. The quantitative estimate of drug-likeness (QED) is 0.634. The van der Waals surface area contributed by atoms with Crippen molar-refractivity contribution in [1.82, 2.24) is 15.1 Å². The van der Waals surface area contributed by atoms with Crippen LogP contribution in [-0.4, -0.2) is 38.4 Å². The zero-order valence-corrected chi connectivity index (χ0v) is 13.8. The molecule has 1 saturated carbocycles. The summed E-state index contributed by atoms with van der Waals surface area (Å²) in [5, 5.41) is 28.2. The molecule has 2 unspecified atom stereocenters. The second kappa shape index (κ2) is 6.66. The molecule has 0 bridgehead atoms. The molecule has 0 saturated heterocycles. The third-order valence-corrected chi connectivity index (χ3v) is 4.73. The van der Waals surface area contributed by atoms with Crippen molar-refractivity contribution in [1.29, 1.82) is 0 Å². The molecule has 2 atom stereocenters. The van der Waals surface area contributed by atoms with Crippen LogP contribution in [0.3, 0.4) is 0 Å². The summed E-state index contributed by atoms with van der Waals surface area (Å²) in [6.07, 6.45) is 3.07. The van der Waals surface area contributed by atoms with Crippen LogP contribution >= 0.6 is 0 Å². The van der Waals surface area contributed by atoms with E-state index in [1.807, 2.05) is 6.92 Å².